The van der Waals surface area contributed by atoms with E-state index in [-0.39, 0.29) is 10.8 Å². The Morgan fingerprint density at radius 2 is 0.750 bits per heavy atom. The second-order valence-electron chi connectivity index (χ2n) is 13.2. The van der Waals surface area contributed by atoms with Crippen LogP contribution in [0.3, 0.4) is 0 Å². The van der Waals surface area contributed by atoms with Gasteiger partial charge in [0.05, 0.1) is 0 Å². The zero-order valence-corrected chi connectivity index (χ0v) is 29.1. The zero-order valence-electron chi connectivity index (χ0n) is 29.1. The summed E-state index contributed by atoms with van der Waals surface area (Å²) < 4.78 is 0. The molecular formula is C44H50. The highest BCUT2D eigenvalue weighted by molar-refractivity contribution is 6.23. The van der Waals surface area contributed by atoms with Crippen molar-refractivity contribution in [2.45, 2.75) is 93.9 Å². The van der Waals surface area contributed by atoms with E-state index in [1.807, 2.05) is 27.7 Å². The fraction of sp³-hybridized carbons (Fsp3) is 0.318. The van der Waals surface area contributed by atoms with Gasteiger partial charge in [-0.2, -0.15) is 0 Å². The van der Waals surface area contributed by atoms with Crippen LogP contribution in [0.15, 0.2) is 84.9 Å². The summed E-state index contributed by atoms with van der Waals surface area (Å²) in [5.41, 5.74) is 16.6. The molecule has 0 heterocycles. The van der Waals surface area contributed by atoms with Crippen molar-refractivity contribution in [3.05, 3.63) is 129 Å². The molecule has 5 aromatic rings. The summed E-state index contributed by atoms with van der Waals surface area (Å²) in [6.45, 7) is 26.8. The normalized spacial score (nSPS) is 15.9. The maximum Gasteiger partial charge on any atom is 0.0161 e. The molecule has 44 heavy (non-hydrogen) atoms. The molecule has 0 bridgehead atoms. The summed E-state index contributed by atoms with van der Waals surface area (Å²) in [6, 6.07) is 32.3. The quantitative estimate of drug-likeness (QED) is 0.183. The predicted molar refractivity (Wildman–Crippen MR) is 198 cm³/mol. The zero-order chi connectivity index (χ0) is 32.1. The maximum atomic E-state index is 2.44. The van der Waals surface area contributed by atoms with Gasteiger partial charge in [-0.25, -0.2) is 0 Å². The third-order valence-electron chi connectivity index (χ3n) is 9.94. The van der Waals surface area contributed by atoms with Gasteiger partial charge in [0.2, 0.25) is 0 Å². The average Bonchev–Trinajstić information content (AvgIpc) is 3.35. The smallest absolute Gasteiger partial charge is 0.0161 e. The molecule has 0 aliphatic heterocycles. The lowest BCUT2D eigenvalue weighted by molar-refractivity contribution is 0.704. The number of fused-ring (bicyclic) bond motifs is 4. The lowest BCUT2D eigenvalue weighted by Gasteiger charge is -2.31. The lowest BCUT2D eigenvalue weighted by atomic mass is 9.72. The molecule has 0 N–H and O–H groups in total. The number of rotatable bonds is 2. The van der Waals surface area contributed by atoms with E-state index in [4.69, 9.17) is 0 Å². The second kappa shape index (κ2) is 11.6. The molecule has 0 fully saturated rings. The molecule has 0 amide bonds. The van der Waals surface area contributed by atoms with Crippen LogP contribution in [0.2, 0.25) is 0 Å². The molecule has 0 radical (unpaired) electrons. The van der Waals surface area contributed by atoms with E-state index in [1.165, 1.54) is 88.3 Å². The summed E-state index contributed by atoms with van der Waals surface area (Å²) in [7, 11) is 0. The third kappa shape index (κ3) is 4.49. The van der Waals surface area contributed by atoms with Crippen LogP contribution in [0.4, 0.5) is 0 Å². The van der Waals surface area contributed by atoms with Crippen molar-refractivity contribution in [1.29, 1.82) is 0 Å². The van der Waals surface area contributed by atoms with Crippen molar-refractivity contribution in [2.24, 2.45) is 0 Å². The number of aryl methyl sites for hydroxylation is 2. The molecule has 0 spiro atoms. The summed E-state index contributed by atoms with van der Waals surface area (Å²) >= 11 is 0. The van der Waals surface area contributed by atoms with Crippen molar-refractivity contribution < 1.29 is 0 Å². The van der Waals surface area contributed by atoms with Crippen molar-refractivity contribution in [3.63, 3.8) is 0 Å². The van der Waals surface area contributed by atoms with E-state index < -0.39 is 0 Å². The molecule has 2 aliphatic carbocycles. The number of hydrogen-bond donors (Lipinski definition) is 0. The van der Waals surface area contributed by atoms with Crippen LogP contribution in [0.5, 0.6) is 0 Å². The van der Waals surface area contributed by atoms with E-state index >= 15 is 0 Å². The summed E-state index contributed by atoms with van der Waals surface area (Å²) in [5.74, 6) is 0. The fourth-order valence-corrected chi connectivity index (χ4v) is 8.18. The van der Waals surface area contributed by atoms with Crippen LogP contribution >= 0.6 is 0 Å². The highest BCUT2D eigenvalue weighted by Crippen LogP contribution is 2.57. The van der Waals surface area contributed by atoms with Crippen molar-refractivity contribution in [3.8, 4) is 0 Å². The molecule has 0 saturated heterocycles. The Bertz CT molecular complexity index is 1820. The van der Waals surface area contributed by atoms with E-state index in [0.29, 0.717) is 0 Å². The molecule has 0 atom stereocenters. The average molecular weight is 579 g/mol. The van der Waals surface area contributed by atoms with E-state index in [9.17, 15) is 0 Å². The van der Waals surface area contributed by atoms with Gasteiger partial charge in [0.1, 0.15) is 0 Å². The molecule has 0 nitrogen and oxygen atoms in total. The van der Waals surface area contributed by atoms with Crippen LogP contribution in [0, 0.1) is 13.8 Å². The minimum absolute atomic E-state index is 0.0886. The highest BCUT2D eigenvalue weighted by atomic mass is 14.4. The Labute approximate surface area is 266 Å². The Morgan fingerprint density at radius 1 is 0.409 bits per heavy atom. The lowest BCUT2D eigenvalue weighted by Crippen LogP contribution is -2.18. The fourth-order valence-electron chi connectivity index (χ4n) is 8.18. The van der Waals surface area contributed by atoms with Crippen molar-refractivity contribution >= 4 is 43.8 Å². The maximum absolute atomic E-state index is 2.44. The van der Waals surface area contributed by atoms with Gasteiger partial charge in [0.25, 0.3) is 0 Å². The molecule has 7 rings (SSSR count). The predicted octanol–water partition coefficient (Wildman–Crippen LogP) is 13.1. The summed E-state index contributed by atoms with van der Waals surface area (Å²) in [5, 5.41) is 5.46. The Balaban J connectivity index is 0.000000924. The Morgan fingerprint density at radius 3 is 1.09 bits per heavy atom. The SMILES string of the molecule is CC.CC.CC1=C(c2c3ccc(C)cc3c(C3=C(C)c4ccccc4C3(C)C)c3ccc(C)cc23)C(C)(C)c2ccccc21. The first-order valence-corrected chi connectivity index (χ1v) is 16.6. The van der Waals surface area contributed by atoms with Gasteiger partial charge in [-0.05, 0) is 105 Å². The van der Waals surface area contributed by atoms with Gasteiger partial charge in [0, 0.05) is 10.8 Å². The molecule has 0 saturated carbocycles. The van der Waals surface area contributed by atoms with Gasteiger partial charge in [0.15, 0.2) is 0 Å². The molecule has 0 heteroatoms. The Hall–Kier alpha value is -3.90. The number of benzene rings is 5. The molecule has 0 unspecified atom stereocenters. The topological polar surface area (TPSA) is 0 Å². The van der Waals surface area contributed by atoms with Gasteiger partial charge in [-0.3, -0.25) is 0 Å². The van der Waals surface area contributed by atoms with Crippen LogP contribution < -0.4 is 0 Å². The van der Waals surface area contributed by atoms with Gasteiger partial charge < -0.3 is 0 Å². The molecule has 226 valence electrons. The van der Waals surface area contributed by atoms with Crippen molar-refractivity contribution in [2.75, 3.05) is 0 Å². The number of hydrogen-bond acceptors (Lipinski definition) is 0. The number of allylic oxidation sites excluding steroid dienone is 4. The second-order valence-corrected chi connectivity index (χ2v) is 13.2. The third-order valence-corrected chi connectivity index (χ3v) is 9.94. The van der Waals surface area contributed by atoms with Gasteiger partial charge in [-0.1, -0.05) is 151 Å². The van der Waals surface area contributed by atoms with Gasteiger partial charge >= 0.3 is 0 Å². The van der Waals surface area contributed by atoms with Crippen LogP contribution in [-0.4, -0.2) is 0 Å². The first-order valence-electron chi connectivity index (χ1n) is 16.6. The molecule has 5 aromatic carbocycles. The highest BCUT2D eigenvalue weighted by Gasteiger charge is 2.41. The molecule has 0 aromatic heterocycles. The standard InChI is InChI=1S/C40H38.2C2H6/c1-23-17-19-29-31(21-23)35(37-25(3)27-13-9-11-15-33(27)39(37,5)6)30-20-18-24(2)22-32(30)36(29)38-26(4)28-14-10-12-16-34(28)40(38,7)8;2*1-2/h9-22H,1-8H3;2*1-2H3. The van der Waals surface area contributed by atoms with Crippen LogP contribution in [0.1, 0.15) is 114 Å². The summed E-state index contributed by atoms with van der Waals surface area (Å²) in [4.78, 5) is 0. The van der Waals surface area contributed by atoms with Crippen LogP contribution in [-0.2, 0) is 10.8 Å². The monoisotopic (exact) mass is 578 g/mol. The van der Waals surface area contributed by atoms with E-state index in [1.54, 1.807) is 0 Å². The summed E-state index contributed by atoms with van der Waals surface area (Å²) in [6.07, 6.45) is 0. The first kappa shape index (κ1) is 31.5. The minimum Gasteiger partial charge on any atom is -0.0683 e. The largest absolute Gasteiger partial charge is 0.0683 e. The minimum atomic E-state index is -0.0886. The van der Waals surface area contributed by atoms with Gasteiger partial charge in [-0.15, -0.1) is 0 Å². The van der Waals surface area contributed by atoms with Crippen molar-refractivity contribution in [1.82, 2.24) is 0 Å². The molecular weight excluding hydrogens is 528 g/mol. The Kier molecular flexibility index (Phi) is 8.27. The van der Waals surface area contributed by atoms with Crippen LogP contribution in [0.25, 0.3) is 43.8 Å². The van der Waals surface area contributed by atoms with E-state index in [0.717, 1.165) is 0 Å². The van der Waals surface area contributed by atoms with E-state index in [2.05, 4.69) is 140 Å². The molecule has 2 aliphatic rings. The first-order chi connectivity index (χ1) is 21.0.